The molecule has 1 aliphatic heterocycles. The molecule has 0 radical (unpaired) electrons. The Labute approximate surface area is 176 Å². The zero-order valence-electron chi connectivity index (χ0n) is 15.6. The molecule has 8 heteroatoms. The van der Waals surface area contributed by atoms with Gasteiger partial charge in [-0.2, -0.15) is 0 Å². The maximum absolute atomic E-state index is 12.9. The third kappa shape index (κ3) is 3.43. The van der Waals surface area contributed by atoms with Gasteiger partial charge < -0.3 is 5.11 Å². The molecule has 1 atom stereocenters. The fourth-order valence-corrected chi connectivity index (χ4v) is 4.08. The molecule has 0 aliphatic carbocycles. The predicted octanol–water partition coefficient (Wildman–Crippen LogP) is 4.43. The molecule has 4 rings (SSSR count). The first-order chi connectivity index (χ1) is 13.9. The highest BCUT2D eigenvalue weighted by Gasteiger charge is 2.48. The van der Waals surface area contributed by atoms with Gasteiger partial charge in [-0.15, -0.1) is 10.2 Å². The van der Waals surface area contributed by atoms with Crippen LogP contribution >= 0.6 is 22.9 Å². The van der Waals surface area contributed by atoms with E-state index in [0.29, 0.717) is 26.3 Å². The molecule has 0 unspecified atom stereocenters. The van der Waals surface area contributed by atoms with Gasteiger partial charge in [-0.25, -0.2) is 0 Å². The molecule has 146 valence electrons. The van der Waals surface area contributed by atoms with Crippen molar-refractivity contribution < 1.29 is 14.7 Å². The molecule has 3 aromatic rings. The lowest BCUT2D eigenvalue weighted by Gasteiger charge is -2.22. The lowest BCUT2D eigenvalue weighted by Crippen LogP contribution is -2.29. The fourth-order valence-electron chi connectivity index (χ4n) is 3.24. The molecule has 1 aromatic heterocycles. The van der Waals surface area contributed by atoms with E-state index in [0.717, 1.165) is 5.56 Å². The number of ketones is 1. The predicted molar refractivity (Wildman–Crippen MR) is 112 cm³/mol. The number of hydrogen-bond acceptors (Lipinski definition) is 6. The van der Waals surface area contributed by atoms with Gasteiger partial charge in [0.1, 0.15) is 10.8 Å². The van der Waals surface area contributed by atoms with Crippen LogP contribution in [0.5, 0.6) is 0 Å². The number of rotatable bonds is 3. The van der Waals surface area contributed by atoms with E-state index >= 15 is 0 Å². The second kappa shape index (κ2) is 7.42. The molecule has 29 heavy (non-hydrogen) atoms. The minimum atomic E-state index is -0.807. The van der Waals surface area contributed by atoms with E-state index in [1.54, 1.807) is 31.2 Å². The molecule has 0 saturated carbocycles. The van der Waals surface area contributed by atoms with Crippen LogP contribution in [0.3, 0.4) is 0 Å². The first kappa shape index (κ1) is 19.3. The summed E-state index contributed by atoms with van der Waals surface area (Å²) in [5.41, 5.74) is 2.14. The van der Waals surface area contributed by atoms with E-state index in [1.807, 2.05) is 31.2 Å². The van der Waals surface area contributed by atoms with Crippen LogP contribution in [0, 0.1) is 13.8 Å². The molecule has 0 bridgehead atoms. The minimum Gasteiger partial charge on any atom is -0.507 e. The van der Waals surface area contributed by atoms with E-state index in [-0.39, 0.29) is 11.3 Å². The smallest absolute Gasteiger partial charge is 0.301 e. The summed E-state index contributed by atoms with van der Waals surface area (Å²) < 4.78 is 0. The van der Waals surface area contributed by atoms with Gasteiger partial charge in [0.15, 0.2) is 0 Å². The fraction of sp³-hybridized carbons (Fsp3) is 0.143. The summed E-state index contributed by atoms with van der Waals surface area (Å²) in [6, 6.07) is 13.1. The monoisotopic (exact) mass is 425 g/mol. The van der Waals surface area contributed by atoms with Gasteiger partial charge in [0.25, 0.3) is 5.78 Å². The van der Waals surface area contributed by atoms with Crippen LogP contribution in [0.1, 0.15) is 27.7 Å². The summed E-state index contributed by atoms with van der Waals surface area (Å²) in [5.74, 6) is -1.77. The van der Waals surface area contributed by atoms with Gasteiger partial charge >= 0.3 is 5.91 Å². The van der Waals surface area contributed by atoms with E-state index in [4.69, 9.17) is 11.6 Å². The number of aliphatic hydroxyl groups is 1. The molecule has 1 N–H and O–H groups in total. The maximum atomic E-state index is 12.9. The van der Waals surface area contributed by atoms with Crippen molar-refractivity contribution in [2.45, 2.75) is 19.9 Å². The van der Waals surface area contributed by atoms with Crippen LogP contribution in [0.4, 0.5) is 5.13 Å². The van der Waals surface area contributed by atoms with Crippen molar-refractivity contribution >= 4 is 45.5 Å². The maximum Gasteiger partial charge on any atom is 0.301 e. The highest BCUT2D eigenvalue weighted by Crippen LogP contribution is 2.42. The standard InChI is InChI=1S/C21H16ClN3O3S/c1-11-3-5-13(6-4-11)17-16(18(26)14-7-9-15(22)10-8-14)19(27)20(28)25(17)21-24-23-12(2)29-21/h3-10,17,26H,1-2H3/b18-16+/t17-/m0/s1. The van der Waals surface area contributed by atoms with Crippen LogP contribution in [0.15, 0.2) is 54.1 Å². The number of halogens is 1. The average molecular weight is 426 g/mol. The number of amides is 1. The van der Waals surface area contributed by atoms with Crippen molar-refractivity contribution in [3.8, 4) is 0 Å². The average Bonchev–Trinajstić information content (AvgIpc) is 3.24. The van der Waals surface area contributed by atoms with Crippen LogP contribution in [0.25, 0.3) is 5.76 Å². The number of carbonyl (C=O) groups excluding carboxylic acids is 2. The second-order valence-electron chi connectivity index (χ2n) is 6.69. The quantitative estimate of drug-likeness (QED) is 0.381. The Morgan fingerprint density at radius 3 is 2.28 bits per heavy atom. The Kier molecular flexibility index (Phi) is 4.94. The van der Waals surface area contributed by atoms with Gasteiger partial charge in [-0.05, 0) is 43.7 Å². The van der Waals surface area contributed by atoms with Gasteiger partial charge in [-0.3, -0.25) is 14.5 Å². The number of Topliss-reactive ketones (excluding diaryl/α,β-unsaturated/α-hetero) is 1. The minimum absolute atomic E-state index is 0.00836. The van der Waals surface area contributed by atoms with Gasteiger partial charge in [0.2, 0.25) is 5.13 Å². The van der Waals surface area contributed by atoms with Crippen molar-refractivity contribution in [2.75, 3.05) is 4.90 Å². The number of aryl methyl sites for hydroxylation is 2. The van der Waals surface area contributed by atoms with E-state index in [1.165, 1.54) is 16.2 Å². The molecule has 2 heterocycles. The first-order valence-electron chi connectivity index (χ1n) is 8.80. The number of aliphatic hydroxyl groups excluding tert-OH is 1. The molecule has 1 fully saturated rings. The van der Waals surface area contributed by atoms with Crippen LogP contribution < -0.4 is 4.90 Å². The third-order valence-corrected chi connectivity index (χ3v) is 5.77. The molecular weight excluding hydrogens is 410 g/mol. The van der Waals surface area contributed by atoms with Crippen molar-refractivity contribution in [1.29, 1.82) is 0 Å². The summed E-state index contributed by atoms with van der Waals surface area (Å²) in [5, 5.41) is 20.5. The van der Waals surface area contributed by atoms with Crippen LogP contribution in [-0.2, 0) is 9.59 Å². The highest BCUT2D eigenvalue weighted by molar-refractivity contribution is 7.15. The van der Waals surface area contributed by atoms with Gasteiger partial charge in [0.05, 0.1) is 11.6 Å². The summed E-state index contributed by atoms with van der Waals surface area (Å²) in [4.78, 5) is 27.2. The Balaban J connectivity index is 1.93. The Morgan fingerprint density at radius 1 is 1.03 bits per heavy atom. The summed E-state index contributed by atoms with van der Waals surface area (Å²) in [6.45, 7) is 3.72. The third-order valence-electron chi connectivity index (χ3n) is 4.68. The van der Waals surface area contributed by atoms with Crippen LogP contribution in [-0.4, -0.2) is 27.0 Å². The highest BCUT2D eigenvalue weighted by atomic mass is 35.5. The number of carbonyl (C=O) groups is 2. The molecule has 2 aromatic carbocycles. The summed E-state index contributed by atoms with van der Waals surface area (Å²) >= 11 is 7.14. The lowest BCUT2D eigenvalue weighted by atomic mass is 9.95. The molecular formula is C21H16ClN3O3S. The zero-order valence-corrected chi connectivity index (χ0v) is 17.2. The largest absolute Gasteiger partial charge is 0.507 e. The van der Waals surface area contributed by atoms with Crippen molar-refractivity contribution in [1.82, 2.24) is 10.2 Å². The number of aromatic nitrogens is 2. The van der Waals surface area contributed by atoms with Crippen molar-refractivity contribution in [3.63, 3.8) is 0 Å². The molecule has 1 aliphatic rings. The van der Waals surface area contributed by atoms with Crippen molar-refractivity contribution in [2.24, 2.45) is 0 Å². The van der Waals surface area contributed by atoms with E-state index in [2.05, 4.69) is 10.2 Å². The topological polar surface area (TPSA) is 83.4 Å². The first-order valence-corrected chi connectivity index (χ1v) is 10.00. The van der Waals surface area contributed by atoms with E-state index < -0.39 is 17.7 Å². The number of hydrogen-bond donors (Lipinski definition) is 1. The number of benzene rings is 2. The van der Waals surface area contributed by atoms with Gasteiger partial charge in [-0.1, -0.05) is 52.8 Å². The second-order valence-corrected chi connectivity index (χ2v) is 8.29. The summed E-state index contributed by atoms with van der Waals surface area (Å²) in [6.07, 6.45) is 0. The number of anilines is 1. The van der Waals surface area contributed by atoms with Crippen molar-refractivity contribution in [3.05, 3.63) is 80.8 Å². The normalized spacial score (nSPS) is 18.4. The Bertz CT molecular complexity index is 1140. The molecule has 1 amide bonds. The Hall–Kier alpha value is -3.03. The van der Waals surface area contributed by atoms with Crippen LogP contribution in [0.2, 0.25) is 5.02 Å². The molecule has 1 saturated heterocycles. The summed E-state index contributed by atoms with van der Waals surface area (Å²) in [7, 11) is 0. The lowest BCUT2D eigenvalue weighted by molar-refractivity contribution is -0.132. The van der Waals surface area contributed by atoms with E-state index in [9.17, 15) is 14.7 Å². The zero-order chi connectivity index (χ0) is 20.7. The molecule has 0 spiro atoms. The Morgan fingerprint density at radius 2 is 1.69 bits per heavy atom. The molecule has 6 nitrogen and oxygen atoms in total. The van der Waals surface area contributed by atoms with Gasteiger partial charge in [0, 0.05) is 10.6 Å². The number of nitrogens with zero attached hydrogens (tertiary/aromatic N) is 3. The SMILES string of the molecule is Cc1ccc([C@H]2/C(=C(\O)c3ccc(Cl)cc3)C(=O)C(=O)N2c2nnc(C)s2)cc1.